The minimum absolute atomic E-state index is 0.0317. The van der Waals surface area contributed by atoms with Crippen molar-refractivity contribution in [2.75, 3.05) is 20.8 Å². The highest BCUT2D eigenvalue weighted by atomic mass is 79.9. The Balaban J connectivity index is 0.000000237. The number of halogens is 3. The summed E-state index contributed by atoms with van der Waals surface area (Å²) in [7, 11) is 2.78. The fourth-order valence-corrected chi connectivity index (χ4v) is 6.00. The zero-order valence-electron chi connectivity index (χ0n) is 31.4. The Kier molecular flexibility index (Phi) is 16.1. The predicted molar refractivity (Wildman–Crippen MR) is 224 cm³/mol. The topological polar surface area (TPSA) is 215 Å². The zero-order chi connectivity index (χ0) is 42.8. The average Bonchev–Trinajstić information content (AvgIpc) is 3.18. The van der Waals surface area contributed by atoms with Gasteiger partial charge in [0, 0.05) is 19.2 Å². The summed E-state index contributed by atoms with van der Waals surface area (Å²) in [4.78, 5) is 100. The van der Waals surface area contributed by atoms with Gasteiger partial charge in [-0.05, 0) is 48.2 Å². The van der Waals surface area contributed by atoms with Crippen molar-refractivity contribution in [2.24, 2.45) is 0 Å². The second kappa shape index (κ2) is 20.5. The molecule has 6 rings (SSSR count). The van der Waals surface area contributed by atoms with Crippen molar-refractivity contribution in [2.45, 2.75) is 46.4 Å². The molecule has 0 radical (unpaired) electrons. The maximum atomic E-state index is 13.1. The number of ether oxygens (including phenoxy) is 2. The largest absolute Gasteiger partial charge is 0.507 e. The van der Waals surface area contributed by atoms with Gasteiger partial charge >= 0.3 is 20.1 Å². The lowest BCUT2D eigenvalue weighted by Gasteiger charge is -2.26. The summed E-state index contributed by atoms with van der Waals surface area (Å²) in [5.74, 6) is -2.17. The molecule has 2 amide bonds. The van der Waals surface area contributed by atoms with Gasteiger partial charge in [-0.25, -0.2) is 19.0 Å². The van der Waals surface area contributed by atoms with Crippen molar-refractivity contribution in [1.29, 1.82) is 0 Å². The molecule has 0 saturated heterocycles. The quantitative estimate of drug-likeness (QED) is 0.109. The number of carbonyl (C=O) groups is 4. The van der Waals surface area contributed by atoms with Crippen LogP contribution >= 0.6 is 47.3 Å². The number of hydrogen-bond acceptors (Lipinski definition) is 13. The first-order valence-corrected chi connectivity index (χ1v) is 20.0. The number of Topliss-reactive ketones (excluding diaryl/α,β-unsaturated/α-hetero) is 2. The number of hydrogen-bond donors (Lipinski definition) is 1. The summed E-state index contributed by atoms with van der Waals surface area (Å²) in [6, 6.07) is 14.9. The Labute approximate surface area is 354 Å². The van der Waals surface area contributed by atoms with Gasteiger partial charge in [-0.15, -0.1) is 47.3 Å². The Bertz CT molecular complexity index is 2610. The van der Waals surface area contributed by atoms with Crippen LogP contribution in [0.15, 0.2) is 88.7 Å². The summed E-state index contributed by atoms with van der Waals surface area (Å²) in [5.41, 5.74) is -1.66. The summed E-state index contributed by atoms with van der Waals surface area (Å²) in [6.07, 6.45) is 0.510. The van der Waals surface area contributed by atoms with Gasteiger partial charge in [0.2, 0.25) is 11.6 Å². The SMILES string of the molecule is BrB(Br)Br.CCc1cc(=O)oc2c1C(=O)N(CC(=O)c1ccccc1O)C(=O)C2.CCc1cc(=O)oc2c1c(=O)n(CC(=O)c1ccccc1OC)c(=O)n2COC. The zero-order valence-corrected chi connectivity index (χ0v) is 36.2. The van der Waals surface area contributed by atoms with Crippen LogP contribution in [0.5, 0.6) is 11.5 Å². The number of phenols is 1. The number of aromatic hydroxyl groups is 1. The number of nitrogens with zero attached hydrogens (tertiary/aromatic N) is 3. The van der Waals surface area contributed by atoms with Gasteiger partial charge in [0.25, 0.3) is 11.5 Å². The summed E-state index contributed by atoms with van der Waals surface area (Å²) >= 11 is 9.31. The van der Waals surface area contributed by atoms with Crippen LogP contribution in [0.4, 0.5) is 0 Å². The molecule has 3 aromatic heterocycles. The number of ketones is 2. The van der Waals surface area contributed by atoms with E-state index in [2.05, 4.69) is 47.3 Å². The van der Waals surface area contributed by atoms with E-state index in [-0.39, 0.29) is 55.6 Å². The van der Waals surface area contributed by atoms with Crippen molar-refractivity contribution < 1.29 is 42.6 Å². The van der Waals surface area contributed by atoms with Gasteiger partial charge in [0.05, 0.1) is 43.3 Å². The number of fused-ring (bicyclic) bond motifs is 2. The molecule has 0 fully saturated rings. The monoisotopic (exact) mass is 989 g/mol. The molecule has 0 bridgehead atoms. The number of aryl methyl sites for hydroxylation is 2. The molecule has 16 nitrogen and oxygen atoms in total. The molecule has 5 aromatic rings. The van der Waals surface area contributed by atoms with E-state index >= 15 is 0 Å². The Morgan fingerprint density at radius 2 is 1.36 bits per heavy atom. The minimum Gasteiger partial charge on any atom is -0.507 e. The maximum Gasteiger partial charge on any atom is 0.369 e. The van der Waals surface area contributed by atoms with E-state index < -0.39 is 59.0 Å². The molecule has 20 heteroatoms. The van der Waals surface area contributed by atoms with E-state index in [0.717, 1.165) is 14.0 Å². The lowest BCUT2D eigenvalue weighted by atomic mass is 9.98. The first-order chi connectivity index (χ1) is 27.6. The summed E-state index contributed by atoms with van der Waals surface area (Å²) in [5, 5.41) is 9.82. The summed E-state index contributed by atoms with van der Waals surface area (Å²) in [6.45, 7) is 2.30. The van der Waals surface area contributed by atoms with Crippen molar-refractivity contribution in [3.05, 3.63) is 136 Å². The normalized spacial score (nSPS) is 11.9. The third-order valence-electron chi connectivity index (χ3n) is 8.61. The molecule has 0 unspecified atom stereocenters. The third kappa shape index (κ3) is 10.5. The van der Waals surface area contributed by atoms with Crippen LogP contribution in [-0.2, 0) is 42.1 Å². The van der Waals surface area contributed by atoms with Crippen molar-refractivity contribution >= 4 is 84.9 Å². The Morgan fingerprint density at radius 1 is 0.793 bits per heavy atom. The predicted octanol–water partition coefficient (Wildman–Crippen LogP) is 4.65. The van der Waals surface area contributed by atoms with Crippen LogP contribution < -0.4 is 27.2 Å². The first-order valence-electron chi connectivity index (χ1n) is 17.3. The van der Waals surface area contributed by atoms with Crippen LogP contribution in [-0.4, -0.2) is 66.5 Å². The molecule has 0 aliphatic carbocycles. The molecule has 1 N–H and O–H groups in total. The van der Waals surface area contributed by atoms with Crippen LogP contribution in [0.25, 0.3) is 11.1 Å². The van der Waals surface area contributed by atoms with Crippen molar-refractivity contribution in [1.82, 2.24) is 14.0 Å². The highest BCUT2D eigenvalue weighted by Gasteiger charge is 2.36. The highest BCUT2D eigenvalue weighted by molar-refractivity contribution is 9.69. The third-order valence-corrected chi connectivity index (χ3v) is 8.61. The van der Waals surface area contributed by atoms with Crippen LogP contribution in [0.1, 0.15) is 61.8 Å². The molecular weight excluding hydrogens is 957 g/mol. The fourth-order valence-electron chi connectivity index (χ4n) is 6.00. The van der Waals surface area contributed by atoms with Gasteiger partial charge in [0.1, 0.15) is 29.4 Å². The smallest absolute Gasteiger partial charge is 0.369 e. The van der Waals surface area contributed by atoms with Gasteiger partial charge in [0.15, 0.2) is 11.6 Å². The maximum absolute atomic E-state index is 13.1. The number of benzene rings is 2. The molecule has 2 aromatic carbocycles. The number of aromatic nitrogens is 2. The standard InChI is InChI=1S/C20H20N2O7.C18H15NO6.BBr3/c1-4-12-9-16(24)29-19-17(12)18(25)21(20(26)22(19)11-27-2)10-14(23)13-7-5-6-8-15(13)28-3;1-2-10-7-16(23)25-14-8-15(22)19(18(24)17(10)14)9-13(21)11-5-3-4-6-12(11)20;2-1(3)4/h5-9H,4,10-11H2,1-3H3;3-7,20H,2,8-9H2,1H3;. The van der Waals surface area contributed by atoms with E-state index in [9.17, 15) is 43.5 Å². The van der Waals surface area contributed by atoms with E-state index in [1.807, 2.05) is 0 Å². The number of methoxy groups -OCH3 is 2. The molecule has 4 heterocycles. The lowest BCUT2D eigenvalue weighted by molar-refractivity contribution is -0.128. The van der Waals surface area contributed by atoms with Gasteiger partial charge in [-0.1, -0.05) is 38.1 Å². The number of para-hydroxylation sites is 2. The molecular formula is C38H35BBr3N3O13. The molecule has 1 aliphatic rings. The molecule has 0 spiro atoms. The Morgan fingerprint density at radius 3 is 1.97 bits per heavy atom. The number of carbonyl (C=O) groups excluding carboxylic acids is 4. The minimum atomic E-state index is -0.816. The van der Waals surface area contributed by atoms with Crippen molar-refractivity contribution in [3.63, 3.8) is 0 Å². The lowest BCUT2D eigenvalue weighted by Crippen LogP contribution is -2.45. The van der Waals surface area contributed by atoms with E-state index in [1.165, 1.54) is 38.5 Å². The van der Waals surface area contributed by atoms with Crippen LogP contribution in [0.3, 0.4) is 0 Å². The first kappa shape index (κ1) is 45.5. The number of phenolic OH excluding ortho intramolecular Hbond substituents is 1. The molecule has 0 atom stereocenters. The van der Waals surface area contributed by atoms with E-state index in [0.29, 0.717) is 29.7 Å². The highest BCUT2D eigenvalue weighted by Crippen LogP contribution is 2.24. The molecule has 1 aliphatic heterocycles. The summed E-state index contributed by atoms with van der Waals surface area (Å²) < 4.78 is 22.5. The van der Waals surface area contributed by atoms with E-state index in [1.54, 1.807) is 50.2 Å². The number of imide groups is 1. The fraction of sp³-hybridized carbons (Fsp3) is 0.263. The van der Waals surface area contributed by atoms with Crippen molar-refractivity contribution in [3.8, 4) is 11.5 Å². The van der Waals surface area contributed by atoms with Crippen LogP contribution in [0, 0.1) is 0 Å². The molecule has 0 saturated carbocycles. The van der Waals surface area contributed by atoms with E-state index in [4.69, 9.17) is 18.3 Å². The number of amides is 2. The second-order valence-electron chi connectivity index (χ2n) is 12.2. The van der Waals surface area contributed by atoms with Gasteiger partial charge in [-0.3, -0.25) is 33.4 Å². The van der Waals surface area contributed by atoms with Gasteiger partial charge in [-0.2, -0.15) is 0 Å². The average molecular weight is 992 g/mol. The Hall–Kier alpha value is -5.18. The van der Waals surface area contributed by atoms with Crippen LogP contribution in [0.2, 0.25) is 0 Å². The molecule has 304 valence electrons. The number of rotatable bonds is 11. The molecule has 58 heavy (non-hydrogen) atoms. The van der Waals surface area contributed by atoms with Gasteiger partial charge < -0.3 is 23.4 Å². The second-order valence-corrected chi connectivity index (χ2v) is 18.6.